The summed E-state index contributed by atoms with van der Waals surface area (Å²) in [5.41, 5.74) is -0.0337. The monoisotopic (exact) mass is 461 g/mol. The number of nitrogens with zero attached hydrogens (tertiary/aromatic N) is 4. The van der Waals surface area contributed by atoms with E-state index in [1.807, 2.05) is 6.20 Å². The summed E-state index contributed by atoms with van der Waals surface area (Å²) in [4.78, 5) is 21.4. The Hall–Kier alpha value is -3.05. The number of ether oxygens (including phenoxy) is 1. The lowest BCUT2D eigenvalue weighted by atomic mass is 9.80. The van der Waals surface area contributed by atoms with E-state index in [4.69, 9.17) is 4.74 Å². The second-order valence-electron chi connectivity index (χ2n) is 8.59. The van der Waals surface area contributed by atoms with Crippen molar-refractivity contribution >= 4 is 11.6 Å². The zero-order valence-corrected chi connectivity index (χ0v) is 17.8. The van der Waals surface area contributed by atoms with Gasteiger partial charge in [-0.1, -0.05) is 6.07 Å². The summed E-state index contributed by atoms with van der Waals surface area (Å²) in [7, 11) is 0. The quantitative estimate of drug-likeness (QED) is 0.620. The molecule has 11 heteroatoms. The van der Waals surface area contributed by atoms with Gasteiger partial charge in [-0.25, -0.2) is 9.50 Å². The molecular weight excluding hydrogens is 439 g/mol. The number of halogens is 3. The molecule has 2 fully saturated rings. The van der Waals surface area contributed by atoms with Gasteiger partial charge in [-0.05, 0) is 42.9 Å². The number of hydrogen-bond acceptors (Lipinski definition) is 6. The third kappa shape index (κ3) is 3.84. The molecule has 1 amide bonds. The van der Waals surface area contributed by atoms with Crippen molar-refractivity contribution in [2.24, 2.45) is 0 Å². The van der Waals surface area contributed by atoms with E-state index in [1.54, 1.807) is 17.6 Å². The molecule has 1 saturated heterocycles. The van der Waals surface area contributed by atoms with Crippen LogP contribution in [0.25, 0.3) is 5.65 Å². The topological polar surface area (TPSA) is 102 Å². The molecule has 2 aliphatic rings. The largest absolute Gasteiger partial charge is 0.433 e. The summed E-state index contributed by atoms with van der Waals surface area (Å²) in [5, 5.41) is 18.1. The van der Waals surface area contributed by atoms with Crippen LogP contribution in [0, 0.1) is 6.92 Å². The predicted molar refractivity (Wildman–Crippen MR) is 110 cm³/mol. The van der Waals surface area contributed by atoms with Gasteiger partial charge < -0.3 is 15.2 Å². The molecule has 4 heterocycles. The fraction of sp³-hybridized carbons (Fsp3) is 0.455. The van der Waals surface area contributed by atoms with Gasteiger partial charge in [-0.15, -0.1) is 0 Å². The van der Waals surface area contributed by atoms with E-state index in [9.17, 15) is 23.1 Å². The number of nitrogens with one attached hydrogen (secondary N) is 1. The Morgan fingerprint density at radius 2 is 2.06 bits per heavy atom. The van der Waals surface area contributed by atoms with E-state index in [1.165, 1.54) is 6.07 Å². The van der Waals surface area contributed by atoms with Crippen molar-refractivity contribution in [2.45, 2.75) is 49.9 Å². The average molecular weight is 461 g/mol. The van der Waals surface area contributed by atoms with Crippen molar-refractivity contribution in [3.63, 3.8) is 0 Å². The van der Waals surface area contributed by atoms with Crippen molar-refractivity contribution in [1.29, 1.82) is 0 Å². The lowest BCUT2D eigenvalue weighted by Crippen LogP contribution is -2.58. The minimum absolute atomic E-state index is 0.0853. The number of rotatable bonds is 4. The molecule has 0 spiro atoms. The Morgan fingerprint density at radius 3 is 2.70 bits per heavy atom. The highest BCUT2D eigenvalue weighted by molar-refractivity contribution is 6.01. The first kappa shape index (κ1) is 21.8. The maximum absolute atomic E-state index is 13.4. The predicted octanol–water partition coefficient (Wildman–Crippen LogP) is 2.74. The Morgan fingerprint density at radius 1 is 1.27 bits per heavy atom. The number of aromatic nitrogens is 4. The molecule has 5 rings (SSSR count). The first-order chi connectivity index (χ1) is 15.7. The minimum atomic E-state index is -4.59. The van der Waals surface area contributed by atoms with Crippen LogP contribution in [0.3, 0.4) is 0 Å². The molecule has 0 radical (unpaired) electrons. The van der Waals surface area contributed by atoms with Gasteiger partial charge in [0.25, 0.3) is 5.91 Å². The Kier molecular flexibility index (Phi) is 5.13. The summed E-state index contributed by atoms with van der Waals surface area (Å²) in [6.45, 7) is 1.81. The second-order valence-corrected chi connectivity index (χ2v) is 8.59. The van der Waals surface area contributed by atoms with E-state index in [-0.39, 0.29) is 30.8 Å². The van der Waals surface area contributed by atoms with Crippen LogP contribution < -0.4 is 5.32 Å². The lowest BCUT2D eigenvalue weighted by molar-refractivity contribution is -0.141. The van der Waals surface area contributed by atoms with Crippen LogP contribution in [0.2, 0.25) is 0 Å². The third-order valence-corrected chi connectivity index (χ3v) is 6.33. The van der Waals surface area contributed by atoms with Crippen LogP contribution >= 0.6 is 0 Å². The zero-order chi connectivity index (χ0) is 23.4. The molecule has 0 aromatic carbocycles. The number of carbonyl (C=O) groups is 1. The van der Waals surface area contributed by atoms with E-state index in [0.717, 1.165) is 30.7 Å². The molecule has 0 unspecified atom stereocenters. The fourth-order valence-corrected chi connectivity index (χ4v) is 4.33. The number of alkyl halides is 3. The van der Waals surface area contributed by atoms with Crippen LogP contribution in [0.15, 0.2) is 30.7 Å². The maximum atomic E-state index is 13.4. The minimum Gasteiger partial charge on any atom is -0.388 e. The number of aryl methyl sites for hydroxylation is 1. The Labute approximate surface area is 186 Å². The van der Waals surface area contributed by atoms with Crippen LogP contribution in [0.5, 0.6) is 0 Å². The van der Waals surface area contributed by atoms with Crippen molar-refractivity contribution in [1.82, 2.24) is 24.9 Å². The molecule has 1 saturated carbocycles. The van der Waals surface area contributed by atoms with Gasteiger partial charge in [0.05, 0.1) is 17.8 Å². The smallest absolute Gasteiger partial charge is 0.388 e. The van der Waals surface area contributed by atoms with Gasteiger partial charge in [-0.2, -0.15) is 18.3 Å². The molecular formula is C22H22F3N5O3. The number of aliphatic hydroxyl groups is 1. The summed E-state index contributed by atoms with van der Waals surface area (Å²) in [6.07, 6.45) is 1.22. The summed E-state index contributed by atoms with van der Waals surface area (Å²) < 4.78 is 45.8. The normalized spacial score (nSPS) is 23.6. The van der Waals surface area contributed by atoms with Crippen molar-refractivity contribution in [3.05, 3.63) is 58.8 Å². The van der Waals surface area contributed by atoms with Gasteiger partial charge >= 0.3 is 6.18 Å². The first-order valence-corrected chi connectivity index (χ1v) is 10.7. The summed E-state index contributed by atoms with van der Waals surface area (Å²) >= 11 is 0. The number of carbonyl (C=O) groups excluding carboxylic acids is 1. The third-order valence-electron chi connectivity index (χ3n) is 6.33. The molecule has 0 bridgehead atoms. The zero-order valence-electron chi connectivity index (χ0n) is 17.8. The number of pyridine rings is 1. The average Bonchev–Trinajstić information content (AvgIpc) is 3.56. The molecule has 1 aliphatic carbocycles. The second kappa shape index (κ2) is 7.77. The van der Waals surface area contributed by atoms with Gasteiger partial charge in [-0.3, -0.25) is 9.78 Å². The summed E-state index contributed by atoms with van der Waals surface area (Å²) in [6, 6.07) is 2.07. The van der Waals surface area contributed by atoms with E-state index >= 15 is 0 Å². The number of fused-ring (bicyclic) bond motifs is 1. The SMILES string of the molecule is Cc1nn2cc(C3CC3)cnc2c1C(=O)N[C@@]1(c2ccc(C(F)(F)F)nc2)CCOC[C@@H]1O. The Bertz CT molecular complexity index is 1210. The summed E-state index contributed by atoms with van der Waals surface area (Å²) in [5.74, 6) is -0.0634. The number of hydrogen-bond donors (Lipinski definition) is 2. The fourth-order valence-electron chi connectivity index (χ4n) is 4.33. The molecule has 174 valence electrons. The Balaban J connectivity index is 1.51. The molecule has 8 nitrogen and oxygen atoms in total. The van der Waals surface area contributed by atoms with Crippen LogP contribution in [0.4, 0.5) is 13.2 Å². The first-order valence-electron chi connectivity index (χ1n) is 10.7. The molecule has 3 aromatic rings. The number of aliphatic hydroxyl groups excluding tert-OH is 1. The van der Waals surface area contributed by atoms with Crippen LogP contribution in [-0.4, -0.2) is 49.9 Å². The van der Waals surface area contributed by atoms with Gasteiger partial charge in [0.15, 0.2) is 5.65 Å². The molecule has 1 aliphatic heterocycles. The molecule has 3 aromatic heterocycles. The standard InChI is InChI=1S/C22H22F3N5O3/c1-12-18(19-27-8-14(13-2-3-13)10-30(19)29-12)20(32)28-21(6-7-33-11-17(21)31)15-4-5-16(26-9-15)22(23,24)25/h4-5,8-10,13,17,31H,2-3,6-7,11H2,1H3,(H,28,32)/t17-,21+/m0/s1. The van der Waals surface area contributed by atoms with Gasteiger partial charge in [0, 0.05) is 31.6 Å². The van der Waals surface area contributed by atoms with Gasteiger partial charge in [0.1, 0.15) is 17.4 Å². The van der Waals surface area contributed by atoms with Crippen LogP contribution in [-0.2, 0) is 16.5 Å². The molecule has 2 atom stereocenters. The van der Waals surface area contributed by atoms with Crippen molar-refractivity contribution in [3.8, 4) is 0 Å². The van der Waals surface area contributed by atoms with Crippen LogP contribution in [0.1, 0.15) is 58.1 Å². The highest BCUT2D eigenvalue weighted by atomic mass is 19.4. The van der Waals surface area contributed by atoms with E-state index in [0.29, 0.717) is 17.3 Å². The van der Waals surface area contributed by atoms with Crippen molar-refractivity contribution in [2.75, 3.05) is 13.2 Å². The maximum Gasteiger partial charge on any atom is 0.433 e. The van der Waals surface area contributed by atoms with Crippen molar-refractivity contribution < 1.29 is 27.8 Å². The highest BCUT2D eigenvalue weighted by Gasteiger charge is 2.45. The molecule has 33 heavy (non-hydrogen) atoms. The number of amides is 1. The van der Waals surface area contributed by atoms with E-state index < -0.39 is 29.4 Å². The highest BCUT2D eigenvalue weighted by Crippen LogP contribution is 2.40. The lowest BCUT2D eigenvalue weighted by Gasteiger charge is -2.42. The molecule has 2 N–H and O–H groups in total. The van der Waals surface area contributed by atoms with Gasteiger partial charge in [0.2, 0.25) is 0 Å². The van der Waals surface area contributed by atoms with E-state index in [2.05, 4.69) is 20.4 Å².